The van der Waals surface area contributed by atoms with E-state index in [4.69, 9.17) is 14.2 Å². The van der Waals surface area contributed by atoms with Crippen LogP contribution in [0.5, 0.6) is 0 Å². The number of allylic oxidation sites excluding steroid dienone is 2. The third kappa shape index (κ3) is 2.87. The van der Waals surface area contributed by atoms with E-state index in [9.17, 15) is 5.11 Å². The Morgan fingerprint density at radius 2 is 1.77 bits per heavy atom. The summed E-state index contributed by atoms with van der Waals surface area (Å²) in [7, 11) is 0. The van der Waals surface area contributed by atoms with Gasteiger partial charge in [0.2, 0.25) is 0 Å². The third-order valence-electron chi connectivity index (χ3n) is 10.4. The average molecular weight is 429 g/mol. The van der Waals surface area contributed by atoms with Crippen LogP contribution < -0.4 is 0 Å². The van der Waals surface area contributed by atoms with Crippen molar-refractivity contribution in [1.29, 1.82) is 0 Å². The molecule has 0 radical (unpaired) electrons. The van der Waals surface area contributed by atoms with Gasteiger partial charge in [-0.25, -0.2) is 0 Å². The minimum atomic E-state index is -0.430. The summed E-state index contributed by atoms with van der Waals surface area (Å²) in [4.78, 5) is 0. The lowest BCUT2D eigenvalue weighted by Crippen LogP contribution is -2.53. The Hall–Kier alpha value is -0.680. The first-order valence-electron chi connectivity index (χ1n) is 12.6. The molecule has 2 heterocycles. The van der Waals surface area contributed by atoms with Gasteiger partial charge in [-0.05, 0) is 66.4 Å². The zero-order valence-corrected chi connectivity index (χ0v) is 19.8. The van der Waals surface area contributed by atoms with E-state index in [1.807, 2.05) is 0 Å². The van der Waals surface area contributed by atoms with E-state index in [1.54, 1.807) is 0 Å². The van der Waals surface area contributed by atoms with Crippen LogP contribution in [-0.2, 0) is 14.2 Å². The van der Waals surface area contributed by atoms with Gasteiger partial charge in [0.15, 0.2) is 6.29 Å². The number of hydrogen-bond donors (Lipinski definition) is 1. The van der Waals surface area contributed by atoms with E-state index in [-0.39, 0.29) is 29.3 Å². The molecule has 4 nitrogen and oxygen atoms in total. The topological polar surface area (TPSA) is 51.2 Å². The maximum Gasteiger partial charge on any atom is 0.160 e. The first kappa shape index (κ1) is 20.9. The third-order valence-corrected chi connectivity index (χ3v) is 10.4. The molecule has 4 heteroatoms. The number of aliphatic hydroxyl groups excluding tert-OH is 1. The van der Waals surface area contributed by atoms with Crippen molar-refractivity contribution in [2.75, 3.05) is 13.2 Å². The van der Waals surface area contributed by atoms with Crippen molar-refractivity contribution in [1.82, 2.24) is 0 Å². The van der Waals surface area contributed by atoms with Crippen LogP contribution >= 0.6 is 0 Å². The van der Waals surface area contributed by atoms with Gasteiger partial charge in [0.1, 0.15) is 12.2 Å². The van der Waals surface area contributed by atoms with Crippen molar-refractivity contribution >= 4 is 0 Å². The summed E-state index contributed by atoms with van der Waals surface area (Å²) in [6.07, 6.45) is 11.8. The molecule has 0 aromatic heterocycles. The van der Waals surface area contributed by atoms with Crippen LogP contribution in [0.4, 0.5) is 0 Å². The zero-order chi connectivity index (χ0) is 21.8. The van der Waals surface area contributed by atoms with Crippen LogP contribution in [0, 0.1) is 45.8 Å². The second kappa shape index (κ2) is 6.68. The molecule has 0 aromatic carbocycles. The molecule has 4 unspecified atom stereocenters. The Morgan fingerprint density at radius 3 is 2.52 bits per heavy atom. The van der Waals surface area contributed by atoms with E-state index in [0.717, 1.165) is 19.1 Å². The number of hydrogen-bond acceptors (Lipinski definition) is 4. The first-order valence-corrected chi connectivity index (χ1v) is 12.6. The van der Waals surface area contributed by atoms with Gasteiger partial charge in [-0.3, -0.25) is 0 Å². The van der Waals surface area contributed by atoms with Gasteiger partial charge in [-0.15, -0.1) is 0 Å². The van der Waals surface area contributed by atoms with Gasteiger partial charge < -0.3 is 19.3 Å². The molecule has 4 fully saturated rings. The van der Waals surface area contributed by atoms with Crippen LogP contribution in [0.15, 0.2) is 23.8 Å². The quantitative estimate of drug-likeness (QED) is 0.647. The SMILES string of the molecule is CC(C1OCC(C)(C)CO1)[C@H]1CC[C@H]2[C@@H]3C=CC4=CC(O)C5OC5[C@]4(C)[C@H]3CC[C@]12C. The van der Waals surface area contributed by atoms with Crippen LogP contribution in [0.1, 0.15) is 60.3 Å². The van der Waals surface area contributed by atoms with Crippen molar-refractivity contribution in [2.45, 2.75) is 84.9 Å². The molecule has 0 bridgehead atoms. The second-order valence-electron chi connectivity index (χ2n) is 12.8. The Labute approximate surface area is 187 Å². The standard InChI is InChI=1S/C27H40O4/c1-15(24-29-13-25(2,3)14-30-24)18-8-9-19-17-7-6-16-12-21(28)22-23(31-22)27(16,5)20(17)10-11-26(18,19)4/h6-7,12,15,17-24,28H,8-11,13-14H2,1-5H3/t15?,17-,18+,19-,20-,21?,22?,23?,26+,27-/m0/s1. The predicted molar refractivity (Wildman–Crippen MR) is 119 cm³/mol. The van der Waals surface area contributed by atoms with E-state index in [1.165, 1.54) is 31.3 Å². The van der Waals surface area contributed by atoms with Crippen molar-refractivity contribution < 1.29 is 19.3 Å². The lowest BCUT2D eigenvalue weighted by molar-refractivity contribution is -0.252. The normalized spacial score (nSPS) is 53.6. The van der Waals surface area contributed by atoms with Gasteiger partial charge in [-0.2, -0.15) is 0 Å². The molecular formula is C27H40O4. The van der Waals surface area contributed by atoms with Crippen LogP contribution in [0.25, 0.3) is 0 Å². The number of aliphatic hydroxyl groups is 1. The van der Waals surface area contributed by atoms with Crippen LogP contribution in [0.3, 0.4) is 0 Å². The zero-order valence-electron chi connectivity index (χ0n) is 19.8. The maximum atomic E-state index is 10.4. The summed E-state index contributed by atoms with van der Waals surface area (Å²) in [5.74, 6) is 3.05. The van der Waals surface area contributed by atoms with Crippen LogP contribution in [0.2, 0.25) is 0 Å². The Bertz CT molecular complexity index is 806. The molecule has 31 heavy (non-hydrogen) atoms. The van der Waals surface area contributed by atoms with Gasteiger partial charge >= 0.3 is 0 Å². The average Bonchev–Trinajstić information content (AvgIpc) is 3.46. The second-order valence-corrected chi connectivity index (χ2v) is 12.8. The molecule has 0 amide bonds. The first-order chi connectivity index (χ1) is 14.6. The molecule has 172 valence electrons. The van der Waals surface area contributed by atoms with E-state index < -0.39 is 6.10 Å². The predicted octanol–water partition coefficient (Wildman–Crippen LogP) is 4.72. The van der Waals surface area contributed by atoms with E-state index in [2.05, 4.69) is 52.8 Å². The molecule has 0 aromatic rings. The largest absolute Gasteiger partial charge is 0.386 e. The van der Waals surface area contributed by atoms with Gasteiger partial charge in [-0.1, -0.05) is 46.8 Å². The van der Waals surface area contributed by atoms with Gasteiger partial charge in [0, 0.05) is 16.7 Å². The Balaban J connectivity index is 1.25. The molecular weight excluding hydrogens is 388 g/mol. The van der Waals surface area contributed by atoms with Crippen molar-refractivity contribution in [3.05, 3.63) is 23.8 Å². The molecule has 6 aliphatic rings. The number of ether oxygens (including phenoxy) is 3. The van der Waals surface area contributed by atoms with E-state index >= 15 is 0 Å². The number of rotatable bonds is 2. The summed E-state index contributed by atoms with van der Waals surface area (Å²) >= 11 is 0. The maximum absolute atomic E-state index is 10.4. The molecule has 0 spiro atoms. The van der Waals surface area contributed by atoms with Crippen molar-refractivity contribution in [3.63, 3.8) is 0 Å². The molecule has 10 atom stereocenters. The highest BCUT2D eigenvalue weighted by Crippen LogP contribution is 2.68. The summed E-state index contributed by atoms with van der Waals surface area (Å²) in [5.41, 5.74) is 1.86. The van der Waals surface area contributed by atoms with E-state index in [0.29, 0.717) is 29.1 Å². The molecule has 2 saturated heterocycles. The van der Waals surface area contributed by atoms with Gasteiger partial charge in [0.25, 0.3) is 0 Å². The fourth-order valence-electron chi connectivity index (χ4n) is 8.63. The smallest absolute Gasteiger partial charge is 0.160 e. The Kier molecular flexibility index (Phi) is 4.50. The molecule has 6 rings (SSSR count). The molecule has 2 saturated carbocycles. The summed E-state index contributed by atoms with van der Waals surface area (Å²) in [5, 5.41) is 10.4. The fourth-order valence-corrected chi connectivity index (χ4v) is 8.63. The summed E-state index contributed by atoms with van der Waals surface area (Å²) in [6.45, 7) is 13.4. The minimum Gasteiger partial charge on any atom is -0.386 e. The molecule has 2 aliphatic heterocycles. The lowest BCUT2D eigenvalue weighted by atomic mass is 9.48. The number of epoxide rings is 1. The van der Waals surface area contributed by atoms with Gasteiger partial charge in [0.05, 0.1) is 19.3 Å². The van der Waals surface area contributed by atoms with Crippen molar-refractivity contribution in [2.24, 2.45) is 45.8 Å². The molecule has 4 aliphatic carbocycles. The van der Waals surface area contributed by atoms with Crippen LogP contribution in [-0.4, -0.2) is 42.9 Å². The summed E-state index contributed by atoms with van der Waals surface area (Å²) in [6, 6.07) is 0. The highest BCUT2D eigenvalue weighted by atomic mass is 16.7. The summed E-state index contributed by atoms with van der Waals surface area (Å²) < 4.78 is 18.5. The minimum absolute atomic E-state index is 0.0235. The Morgan fingerprint density at radius 1 is 1.03 bits per heavy atom. The molecule has 1 N–H and O–H groups in total. The highest BCUT2D eigenvalue weighted by Gasteiger charge is 2.66. The monoisotopic (exact) mass is 428 g/mol. The fraction of sp³-hybridized carbons (Fsp3) is 0.852. The number of fused-ring (bicyclic) bond motifs is 7. The lowest BCUT2D eigenvalue weighted by Gasteiger charge is -2.56. The van der Waals surface area contributed by atoms with Crippen molar-refractivity contribution in [3.8, 4) is 0 Å². The highest BCUT2D eigenvalue weighted by molar-refractivity contribution is 5.41.